The molecule has 0 unspecified atom stereocenters. The Balaban J connectivity index is 1.78. The SMILES string of the molecule is CN(CCSc1ccccc1)Cc1cccc(C#N)c1. The van der Waals surface area contributed by atoms with E-state index in [9.17, 15) is 0 Å². The van der Waals surface area contributed by atoms with Gasteiger partial charge in [-0.25, -0.2) is 0 Å². The first-order valence-corrected chi connectivity index (χ1v) is 7.62. The van der Waals surface area contributed by atoms with Crippen LogP contribution in [0.25, 0.3) is 0 Å². The molecule has 0 fully saturated rings. The first kappa shape index (κ1) is 14.6. The molecule has 2 aromatic carbocycles. The molecule has 0 amide bonds. The van der Waals surface area contributed by atoms with Gasteiger partial charge in [0.1, 0.15) is 0 Å². The van der Waals surface area contributed by atoms with Gasteiger partial charge in [-0.15, -0.1) is 11.8 Å². The molecule has 0 radical (unpaired) electrons. The molecule has 0 N–H and O–H groups in total. The summed E-state index contributed by atoms with van der Waals surface area (Å²) in [5.74, 6) is 1.07. The van der Waals surface area contributed by atoms with E-state index < -0.39 is 0 Å². The fraction of sp³-hybridized carbons (Fsp3) is 0.235. The van der Waals surface area contributed by atoms with Crippen LogP contribution in [0.4, 0.5) is 0 Å². The zero-order valence-corrected chi connectivity index (χ0v) is 12.4. The molecule has 2 rings (SSSR count). The van der Waals surface area contributed by atoms with Crippen molar-refractivity contribution < 1.29 is 0 Å². The van der Waals surface area contributed by atoms with Crippen LogP contribution in [0.1, 0.15) is 11.1 Å². The van der Waals surface area contributed by atoms with Gasteiger partial charge < -0.3 is 4.90 Å². The number of nitrogens with zero attached hydrogens (tertiary/aromatic N) is 2. The van der Waals surface area contributed by atoms with Crippen LogP contribution in [0.5, 0.6) is 0 Å². The van der Waals surface area contributed by atoms with Gasteiger partial charge in [-0.1, -0.05) is 30.3 Å². The van der Waals surface area contributed by atoms with Crippen molar-refractivity contribution in [2.75, 3.05) is 19.3 Å². The van der Waals surface area contributed by atoms with Gasteiger partial charge >= 0.3 is 0 Å². The van der Waals surface area contributed by atoms with E-state index in [1.807, 2.05) is 36.0 Å². The van der Waals surface area contributed by atoms with Crippen LogP contribution in [0, 0.1) is 11.3 Å². The van der Waals surface area contributed by atoms with Crippen molar-refractivity contribution in [3.05, 3.63) is 65.7 Å². The molecule has 0 saturated carbocycles. The second-order valence-electron chi connectivity index (χ2n) is 4.71. The maximum Gasteiger partial charge on any atom is 0.0991 e. The van der Waals surface area contributed by atoms with Crippen LogP contribution in [0.2, 0.25) is 0 Å². The number of hydrogen-bond donors (Lipinski definition) is 0. The summed E-state index contributed by atoms with van der Waals surface area (Å²) in [4.78, 5) is 3.60. The summed E-state index contributed by atoms with van der Waals surface area (Å²) in [6, 6.07) is 20.5. The largest absolute Gasteiger partial charge is 0.301 e. The molecule has 0 saturated heterocycles. The van der Waals surface area contributed by atoms with Crippen molar-refractivity contribution in [3.63, 3.8) is 0 Å². The topological polar surface area (TPSA) is 27.0 Å². The third kappa shape index (κ3) is 4.73. The summed E-state index contributed by atoms with van der Waals surface area (Å²) in [7, 11) is 2.12. The van der Waals surface area contributed by atoms with Crippen molar-refractivity contribution in [2.45, 2.75) is 11.4 Å². The van der Waals surface area contributed by atoms with E-state index >= 15 is 0 Å². The Morgan fingerprint density at radius 1 is 1.10 bits per heavy atom. The maximum atomic E-state index is 8.90. The standard InChI is InChI=1S/C17H18N2S/c1-19(10-11-20-17-8-3-2-4-9-17)14-16-7-5-6-15(12-16)13-18/h2-9,12H,10-11,14H2,1H3. The number of hydrogen-bond acceptors (Lipinski definition) is 3. The molecule has 2 aromatic rings. The minimum absolute atomic E-state index is 0.731. The fourth-order valence-electron chi connectivity index (χ4n) is 1.97. The van der Waals surface area contributed by atoms with Gasteiger partial charge in [0.15, 0.2) is 0 Å². The average molecular weight is 282 g/mol. The average Bonchev–Trinajstić information content (AvgIpc) is 2.48. The highest BCUT2D eigenvalue weighted by Gasteiger charge is 2.02. The van der Waals surface area contributed by atoms with Gasteiger partial charge in [-0.05, 0) is 36.9 Å². The van der Waals surface area contributed by atoms with Gasteiger partial charge in [-0.3, -0.25) is 0 Å². The van der Waals surface area contributed by atoms with E-state index in [-0.39, 0.29) is 0 Å². The Morgan fingerprint density at radius 3 is 2.65 bits per heavy atom. The van der Waals surface area contributed by atoms with Crippen molar-refractivity contribution in [2.24, 2.45) is 0 Å². The van der Waals surface area contributed by atoms with E-state index in [1.54, 1.807) is 0 Å². The number of thioether (sulfide) groups is 1. The lowest BCUT2D eigenvalue weighted by molar-refractivity contribution is 0.348. The highest BCUT2D eigenvalue weighted by Crippen LogP contribution is 2.17. The fourth-order valence-corrected chi connectivity index (χ4v) is 2.95. The van der Waals surface area contributed by atoms with E-state index in [0.29, 0.717) is 0 Å². The zero-order chi connectivity index (χ0) is 14.2. The highest BCUT2D eigenvalue weighted by molar-refractivity contribution is 7.99. The van der Waals surface area contributed by atoms with Crippen LogP contribution in [0.3, 0.4) is 0 Å². The van der Waals surface area contributed by atoms with Crippen LogP contribution in [-0.4, -0.2) is 24.2 Å². The lowest BCUT2D eigenvalue weighted by atomic mass is 10.1. The lowest BCUT2D eigenvalue weighted by Crippen LogP contribution is -2.20. The minimum atomic E-state index is 0.731. The normalized spacial score (nSPS) is 10.4. The Bertz CT molecular complexity index is 575. The summed E-state index contributed by atoms with van der Waals surface area (Å²) < 4.78 is 0. The molecule has 3 heteroatoms. The van der Waals surface area contributed by atoms with E-state index in [1.165, 1.54) is 10.5 Å². The smallest absolute Gasteiger partial charge is 0.0991 e. The molecule has 0 atom stereocenters. The van der Waals surface area contributed by atoms with Crippen molar-refractivity contribution in [1.29, 1.82) is 5.26 Å². The summed E-state index contributed by atoms with van der Waals surface area (Å²) in [6.45, 7) is 1.90. The summed E-state index contributed by atoms with van der Waals surface area (Å²) in [5, 5.41) is 8.90. The Hall–Kier alpha value is -1.76. The van der Waals surface area contributed by atoms with Crippen molar-refractivity contribution in [3.8, 4) is 6.07 Å². The predicted molar refractivity (Wildman–Crippen MR) is 84.7 cm³/mol. The van der Waals surface area contributed by atoms with Gasteiger partial charge in [0.2, 0.25) is 0 Å². The highest BCUT2D eigenvalue weighted by atomic mass is 32.2. The molecule has 0 aromatic heterocycles. The molecule has 0 heterocycles. The van der Waals surface area contributed by atoms with Crippen LogP contribution in [0.15, 0.2) is 59.5 Å². The van der Waals surface area contributed by atoms with Crippen LogP contribution >= 0.6 is 11.8 Å². The summed E-state index contributed by atoms with van der Waals surface area (Å²) >= 11 is 1.87. The first-order valence-electron chi connectivity index (χ1n) is 6.63. The molecular formula is C17H18N2S. The minimum Gasteiger partial charge on any atom is -0.301 e. The van der Waals surface area contributed by atoms with Gasteiger partial charge in [0.05, 0.1) is 11.6 Å². The molecular weight excluding hydrogens is 264 g/mol. The molecule has 0 bridgehead atoms. The van der Waals surface area contributed by atoms with E-state index in [0.717, 1.165) is 24.4 Å². The number of nitriles is 1. The van der Waals surface area contributed by atoms with Crippen LogP contribution in [-0.2, 0) is 6.54 Å². The number of benzene rings is 2. The monoisotopic (exact) mass is 282 g/mol. The van der Waals surface area contributed by atoms with Gasteiger partial charge in [-0.2, -0.15) is 5.26 Å². The summed E-state index contributed by atoms with van der Waals surface area (Å²) in [6.07, 6.45) is 0. The molecule has 2 nitrogen and oxygen atoms in total. The molecule has 0 aliphatic rings. The van der Waals surface area contributed by atoms with Crippen molar-refractivity contribution >= 4 is 11.8 Å². The van der Waals surface area contributed by atoms with Gasteiger partial charge in [0.25, 0.3) is 0 Å². The quantitative estimate of drug-likeness (QED) is 0.754. The van der Waals surface area contributed by atoms with E-state index in [4.69, 9.17) is 5.26 Å². The Kier molecular flexibility index (Phi) is 5.67. The first-order chi connectivity index (χ1) is 9.78. The third-order valence-electron chi connectivity index (χ3n) is 2.99. The molecule has 20 heavy (non-hydrogen) atoms. The second kappa shape index (κ2) is 7.74. The third-order valence-corrected chi connectivity index (χ3v) is 3.99. The van der Waals surface area contributed by atoms with Crippen LogP contribution < -0.4 is 0 Å². The Morgan fingerprint density at radius 2 is 1.90 bits per heavy atom. The molecule has 0 aliphatic heterocycles. The lowest BCUT2D eigenvalue weighted by Gasteiger charge is -2.16. The predicted octanol–water partition coefficient (Wildman–Crippen LogP) is 3.78. The maximum absolute atomic E-state index is 8.90. The number of rotatable bonds is 6. The Labute approximate surface area is 125 Å². The van der Waals surface area contributed by atoms with E-state index in [2.05, 4.69) is 48.3 Å². The van der Waals surface area contributed by atoms with Crippen molar-refractivity contribution in [1.82, 2.24) is 4.90 Å². The molecule has 0 aliphatic carbocycles. The molecule has 102 valence electrons. The zero-order valence-electron chi connectivity index (χ0n) is 11.6. The summed E-state index contributed by atoms with van der Waals surface area (Å²) in [5.41, 5.74) is 1.92. The molecule has 0 spiro atoms. The second-order valence-corrected chi connectivity index (χ2v) is 5.88. The van der Waals surface area contributed by atoms with Gasteiger partial charge in [0, 0.05) is 23.7 Å².